The van der Waals surface area contributed by atoms with Crippen molar-refractivity contribution in [3.05, 3.63) is 58.9 Å². The predicted molar refractivity (Wildman–Crippen MR) is 92.6 cm³/mol. The molecule has 0 aliphatic carbocycles. The van der Waals surface area contributed by atoms with Crippen LogP contribution >= 0.6 is 0 Å². The largest absolute Gasteiger partial charge is 0.493 e. The molecule has 0 spiro atoms. The zero-order valence-corrected chi connectivity index (χ0v) is 14.2. The standard InChI is InChI=1S/C19H19N3O3/c1-23-16-6-3-12(7-17(16)24-2)8-18-21-19(25-22-18)13-4-5-14-10-20-11-15(14)9-13/h3-7,9,20H,8,10-11H2,1-2H3. The first kappa shape index (κ1) is 15.7. The van der Waals surface area contributed by atoms with Crippen LogP contribution in [0, 0.1) is 0 Å². The molecule has 6 nitrogen and oxygen atoms in total. The Kier molecular flexibility index (Phi) is 4.11. The number of ether oxygens (including phenoxy) is 2. The van der Waals surface area contributed by atoms with Gasteiger partial charge in [0.15, 0.2) is 17.3 Å². The van der Waals surface area contributed by atoms with Crippen LogP contribution in [0.1, 0.15) is 22.5 Å². The van der Waals surface area contributed by atoms with E-state index in [9.17, 15) is 0 Å². The van der Waals surface area contributed by atoms with Crippen LogP contribution in [0.2, 0.25) is 0 Å². The first-order valence-corrected chi connectivity index (χ1v) is 8.13. The van der Waals surface area contributed by atoms with Crippen molar-refractivity contribution in [3.8, 4) is 23.0 Å². The number of aromatic nitrogens is 2. The van der Waals surface area contributed by atoms with Crippen LogP contribution < -0.4 is 14.8 Å². The molecule has 0 unspecified atom stereocenters. The van der Waals surface area contributed by atoms with E-state index in [2.05, 4.69) is 27.6 Å². The molecule has 0 bridgehead atoms. The molecule has 1 N–H and O–H groups in total. The van der Waals surface area contributed by atoms with E-state index in [0.717, 1.165) is 24.2 Å². The average Bonchev–Trinajstić information content (AvgIpc) is 3.30. The van der Waals surface area contributed by atoms with Gasteiger partial charge in [0.05, 0.1) is 14.2 Å². The Labute approximate surface area is 145 Å². The summed E-state index contributed by atoms with van der Waals surface area (Å²) in [5, 5.41) is 7.44. The van der Waals surface area contributed by atoms with Gasteiger partial charge >= 0.3 is 0 Å². The molecular weight excluding hydrogens is 318 g/mol. The zero-order valence-electron chi connectivity index (χ0n) is 14.2. The summed E-state index contributed by atoms with van der Waals surface area (Å²) in [5.74, 6) is 2.58. The molecule has 6 heteroatoms. The van der Waals surface area contributed by atoms with Gasteiger partial charge in [0.25, 0.3) is 5.89 Å². The van der Waals surface area contributed by atoms with Gasteiger partial charge in [-0.3, -0.25) is 0 Å². The van der Waals surface area contributed by atoms with E-state index >= 15 is 0 Å². The van der Waals surface area contributed by atoms with Gasteiger partial charge in [-0.05, 0) is 41.0 Å². The van der Waals surface area contributed by atoms with Crippen molar-refractivity contribution in [2.24, 2.45) is 0 Å². The summed E-state index contributed by atoms with van der Waals surface area (Å²) in [6, 6.07) is 12.0. The third kappa shape index (κ3) is 3.08. The molecule has 4 rings (SSSR count). The van der Waals surface area contributed by atoms with Crippen LogP contribution in [0.3, 0.4) is 0 Å². The highest BCUT2D eigenvalue weighted by atomic mass is 16.5. The number of methoxy groups -OCH3 is 2. The summed E-state index contributed by atoms with van der Waals surface area (Å²) in [7, 11) is 3.24. The summed E-state index contributed by atoms with van der Waals surface area (Å²) in [4.78, 5) is 4.53. The molecule has 0 fully saturated rings. The molecule has 3 aromatic rings. The molecule has 2 aromatic carbocycles. The van der Waals surface area contributed by atoms with E-state index in [1.807, 2.05) is 24.3 Å². The molecule has 1 aliphatic heterocycles. The highest BCUT2D eigenvalue weighted by molar-refractivity contribution is 5.56. The maximum Gasteiger partial charge on any atom is 0.257 e. The number of hydrogen-bond acceptors (Lipinski definition) is 6. The van der Waals surface area contributed by atoms with Gasteiger partial charge in [0.1, 0.15) is 0 Å². The Bertz CT molecular complexity index is 905. The molecule has 1 aliphatic rings. The van der Waals surface area contributed by atoms with Gasteiger partial charge in [-0.25, -0.2) is 0 Å². The van der Waals surface area contributed by atoms with Crippen LogP contribution in [0.4, 0.5) is 0 Å². The van der Waals surface area contributed by atoms with E-state index in [0.29, 0.717) is 29.6 Å². The first-order chi connectivity index (χ1) is 12.3. The van der Waals surface area contributed by atoms with Crippen LogP contribution in [0.25, 0.3) is 11.5 Å². The van der Waals surface area contributed by atoms with Crippen molar-refractivity contribution >= 4 is 0 Å². The van der Waals surface area contributed by atoms with E-state index in [-0.39, 0.29) is 0 Å². The fourth-order valence-electron chi connectivity index (χ4n) is 3.04. The zero-order chi connectivity index (χ0) is 17.2. The van der Waals surface area contributed by atoms with Crippen molar-refractivity contribution in [2.45, 2.75) is 19.5 Å². The number of benzene rings is 2. The number of hydrogen-bond donors (Lipinski definition) is 1. The van der Waals surface area contributed by atoms with Crippen molar-refractivity contribution in [2.75, 3.05) is 14.2 Å². The SMILES string of the molecule is COc1ccc(Cc2noc(-c3ccc4c(c3)CNC4)n2)cc1OC. The fourth-order valence-corrected chi connectivity index (χ4v) is 3.04. The topological polar surface area (TPSA) is 69.4 Å². The number of fused-ring (bicyclic) bond motifs is 1. The predicted octanol–water partition coefficient (Wildman–Crippen LogP) is 2.95. The molecule has 1 aromatic heterocycles. The Morgan fingerprint density at radius 1 is 1.00 bits per heavy atom. The summed E-state index contributed by atoms with van der Waals surface area (Å²) >= 11 is 0. The van der Waals surface area contributed by atoms with Gasteiger partial charge in [-0.15, -0.1) is 0 Å². The van der Waals surface area contributed by atoms with E-state index < -0.39 is 0 Å². The molecule has 0 radical (unpaired) electrons. The first-order valence-electron chi connectivity index (χ1n) is 8.13. The second kappa shape index (κ2) is 6.57. The molecule has 0 saturated heterocycles. The fraction of sp³-hybridized carbons (Fsp3) is 0.263. The lowest BCUT2D eigenvalue weighted by Gasteiger charge is -2.08. The van der Waals surface area contributed by atoms with Crippen LogP contribution in [-0.2, 0) is 19.5 Å². The molecular formula is C19H19N3O3. The van der Waals surface area contributed by atoms with Crippen LogP contribution in [-0.4, -0.2) is 24.4 Å². The van der Waals surface area contributed by atoms with Gasteiger partial charge < -0.3 is 19.3 Å². The van der Waals surface area contributed by atoms with E-state index in [1.54, 1.807) is 14.2 Å². The Morgan fingerprint density at radius 3 is 2.68 bits per heavy atom. The highest BCUT2D eigenvalue weighted by Gasteiger charge is 2.15. The van der Waals surface area contributed by atoms with Gasteiger partial charge in [0.2, 0.25) is 0 Å². The van der Waals surface area contributed by atoms with Crippen molar-refractivity contribution in [3.63, 3.8) is 0 Å². The van der Waals surface area contributed by atoms with Crippen molar-refractivity contribution < 1.29 is 14.0 Å². The van der Waals surface area contributed by atoms with Crippen molar-refractivity contribution in [1.29, 1.82) is 0 Å². The van der Waals surface area contributed by atoms with E-state index in [4.69, 9.17) is 14.0 Å². The van der Waals surface area contributed by atoms with Crippen molar-refractivity contribution in [1.82, 2.24) is 15.5 Å². The monoisotopic (exact) mass is 337 g/mol. The summed E-state index contributed by atoms with van der Waals surface area (Å²) < 4.78 is 16.0. The van der Waals surface area contributed by atoms with E-state index in [1.165, 1.54) is 11.1 Å². The normalized spacial score (nSPS) is 12.9. The quantitative estimate of drug-likeness (QED) is 0.772. The van der Waals surface area contributed by atoms with Crippen LogP contribution in [0.5, 0.6) is 11.5 Å². The van der Waals surface area contributed by atoms with Gasteiger partial charge in [0, 0.05) is 25.1 Å². The maximum absolute atomic E-state index is 5.45. The highest BCUT2D eigenvalue weighted by Crippen LogP contribution is 2.29. The van der Waals surface area contributed by atoms with Gasteiger partial charge in [-0.1, -0.05) is 17.3 Å². The van der Waals surface area contributed by atoms with Gasteiger partial charge in [-0.2, -0.15) is 4.98 Å². The number of nitrogens with zero attached hydrogens (tertiary/aromatic N) is 2. The summed E-state index contributed by atoms with van der Waals surface area (Å²) in [6.07, 6.45) is 0.566. The average molecular weight is 337 g/mol. The molecule has 2 heterocycles. The number of rotatable bonds is 5. The third-order valence-corrected chi connectivity index (χ3v) is 4.36. The lowest BCUT2D eigenvalue weighted by atomic mass is 10.1. The Balaban J connectivity index is 1.55. The molecule has 0 atom stereocenters. The summed E-state index contributed by atoms with van der Waals surface area (Å²) in [5.41, 5.74) is 4.60. The summed E-state index contributed by atoms with van der Waals surface area (Å²) in [6.45, 7) is 1.81. The lowest BCUT2D eigenvalue weighted by Crippen LogP contribution is -1.99. The minimum atomic E-state index is 0.546. The molecule has 25 heavy (non-hydrogen) atoms. The van der Waals surface area contributed by atoms with Crippen LogP contribution in [0.15, 0.2) is 40.9 Å². The maximum atomic E-state index is 5.45. The third-order valence-electron chi connectivity index (χ3n) is 4.36. The Hall–Kier alpha value is -2.86. The lowest BCUT2D eigenvalue weighted by molar-refractivity contribution is 0.354. The second-order valence-electron chi connectivity index (χ2n) is 5.97. The minimum absolute atomic E-state index is 0.546. The molecule has 128 valence electrons. The smallest absolute Gasteiger partial charge is 0.257 e. The minimum Gasteiger partial charge on any atom is -0.493 e. The second-order valence-corrected chi connectivity index (χ2v) is 5.97. The number of nitrogens with one attached hydrogen (secondary N) is 1. The Morgan fingerprint density at radius 2 is 1.84 bits per heavy atom. The molecule has 0 saturated carbocycles. The molecule has 0 amide bonds.